The van der Waals surface area contributed by atoms with Gasteiger partial charge in [0.05, 0.1) is 6.54 Å². The highest BCUT2D eigenvalue weighted by atomic mass is 16.2. The van der Waals surface area contributed by atoms with E-state index in [4.69, 9.17) is 0 Å². The molecule has 0 saturated carbocycles. The minimum atomic E-state index is -0.318. The lowest BCUT2D eigenvalue weighted by molar-refractivity contribution is -0.142. The van der Waals surface area contributed by atoms with Gasteiger partial charge in [-0.3, -0.25) is 14.5 Å². The van der Waals surface area contributed by atoms with E-state index in [9.17, 15) is 9.59 Å². The molecule has 2 amide bonds. The van der Waals surface area contributed by atoms with Crippen LogP contribution in [0.1, 0.15) is 39.5 Å². The molecule has 0 bridgehead atoms. The molecule has 0 aromatic rings. The first kappa shape index (κ1) is 16.8. The zero-order chi connectivity index (χ0) is 15.9. The van der Waals surface area contributed by atoms with E-state index < -0.39 is 0 Å². The predicted octanol–water partition coefficient (Wildman–Crippen LogP) is 0.945. The number of amides is 2. The lowest BCUT2D eigenvalue weighted by Crippen LogP contribution is -2.48. The van der Waals surface area contributed by atoms with Gasteiger partial charge in [0.2, 0.25) is 11.8 Å². The van der Waals surface area contributed by atoms with Crippen LogP contribution >= 0.6 is 0 Å². The molecule has 22 heavy (non-hydrogen) atoms. The van der Waals surface area contributed by atoms with Gasteiger partial charge < -0.3 is 9.80 Å². The van der Waals surface area contributed by atoms with Crippen molar-refractivity contribution in [3.8, 4) is 11.8 Å². The summed E-state index contributed by atoms with van der Waals surface area (Å²) in [6.07, 6.45) is 3.32. The molecule has 1 atom stereocenters. The lowest BCUT2D eigenvalue weighted by Gasteiger charge is -2.29. The molecule has 2 saturated heterocycles. The lowest BCUT2D eigenvalue weighted by atomic mass is 10.2. The van der Waals surface area contributed by atoms with Gasteiger partial charge >= 0.3 is 0 Å². The van der Waals surface area contributed by atoms with Gasteiger partial charge in [0.25, 0.3) is 0 Å². The zero-order valence-electron chi connectivity index (χ0n) is 13.8. The molecule has 5 heteroatoms. The SMILES string of the molecule is CCC#CCN1CCCN(C(=O)C(C)N2CCCC2=O)CC1. The number of nitrogens with zero attached hydrogens (tertiary/aromatic N) is 3. The second kappa shape index (κ2) is 8.19. The first-order chi connectivity index (χ1) is 10.6. The summed E-state index contributed by atoms with van der Waals surface area (Å²) in [5, 5.41) is 0. The molecule has 0 radical (unpaired) electrons. The average Bonchev–Trinajstić information content (AvgIpc) is 2.80. The molecule has 2 fully saturated rings. The van der Waals surface area contributed by atoms with Crippen LogP contribution in [0.5, 0.6) is 0 Å². The normalized spacial score (nSPS) is 21.3. The average molecular weight is 305 g/mol. The molecule has 2 rings (SSSR count). The van der Waals surface area contributed by atoms with Crippen molar-refractivity contribution in [1.29, 1.82) is 0 Å². The Hall–Kier alpha value is -1.54. The standard InChI is InChI=1S/C17H27N3O2/c1-3-4-5-9-18-10-7-11-19(14-13-18)17(22)15(2)20-12-6-8-16(20)21/h15H,3,6-14H2,1-2H3. The molecule has 0 aliphatic carbocycles. The van der Waals surface area contributed by atoms with Crippen molar-refractivity contribution in [1.82, 2.24) is 14.7 Å². The Morgan fingerprint density at radius 3 is 2.64 bits per heavy atom. The summed E-state index contributed by atoms with van der Waals surface area (Å²) < 4.78 is 0. The number of hydrogen-bond acceptors (Lipinski definition) is 3. The van der Waals surface area contributed by atoms with Crippen LogP contribution in [0.2, 0.25) is 0 Å². The maximum Gasteiger partial charge on any atom is 0.245 e. The van der Waals surface area contributed by atoms with Crippen LogP contribution in [0.15, 0.2) is 0 Å². The Bertz CT molecular complexity index is 466. The van der Waals surface area contributed by atoms with E-state index in [1.807, 2.05) is 11.8 Å². The second-order valence-corrected chi connectivity index (χ2v) is 6.03. The number of carbonyl (C=O) groups excluding carboxylic acids is 2. The predicted molar refractivity (Wildman–Crippen MR) is 86.1 cm³/mol. The van der Waals surface area contributed by atoms with Crippen molar-refractivity contribution in [2.75, 3.05) is 39.3 Å². The van der Waals surface area contributed by atoms with Crippen LogP contribution in [-0.4, -0.2) is 71.8 Å². The highest BCUT2D eigenvalue weighted by Crippen LogP contribution is 2.16. The highest BCUT2D eigenvalue weighted by molar-refractivity contribution is 5.88. The Kier molecular flexibility index (Phi) is 6.26. The summed E-state index contributed by atoms with van der Waals surface area (Å²) in [6.45, 7) is 8.79. The van der Waals surface area contributed by atoms with E-state index in [0.29, 0.717) is 6.42 Å². The largest absolute Gasteiger partial charge is 0.340 e. The van der Waals surface area contributed by atoms with E-state index in [0.717, 1.165) is 58.5 Å². The summed E-state index contributed by atoms with van der Waals surface area (Å²) >= 11 is 0. The number of carbonyl (C=O) groups is 2. The van der Waals surface area contributed by atoms with E-state index in [-0.39, 0.29) is 17.9 Å². The van der Waals surface area contributed by atoms with Gasteiger partial charge in [-0.15, -0.1) is 5.92 Å². The van der Waals surface area contributed by atoms with E-state index >= 15 is 0 Å². The molecule has 5 nitrogen and oxygen atoms in total. The van der Waals surface area contributed by atoms with Crippen LogP contribution in [0.4, 0.5) is 0 Å². The van der Waals surface area contributed by atoms with Gasteiger partial charge in [-0.25, -0.2) is 0 Å². The summed E-state index contributed by atoms with van der Waals surface area (Å²) in [5.74, 6) is 6.48. The topological polar surface area (TPSA) is 43.9 Å². The molecule has 2 aliphatic heterocycles. The first-order valence-electron chi connectivity index (χ1n) is 8.39. The molecule has 2 aliphatic rings. The zero-order valence-corrected chi connectivity index (χ0v) is 13.8. The van der Waals surface area contributed by atoms with Crippen molar-refractivity contribution < 1.29 is 9.59 Å². The minimum Gasteiger partial charge on any atom is -0.340 e. The fraction of sp³-hybridized carbons (Fsp3) is 0.765. The van der Waals surface area contributed by atoms with Crippen molar-refractivity contribution in [2.24, 2.45) is 0 Å². The molecule has 2 heterocycles. The smallest absolute Gasteiger partial charge is 0.245 e. The summed E-state index contributed by atoms with van der Waals surface area (Å²) in [5.41, 5.74) is 0. The van der Waals surface area contributed by atoms with Crippen LogP contribution in [-0.2, 0) is 9.59 Å². The molecule has 1 unspecified atom stereocenters. The number of likely N-dealkylation sites (tertiary alicyclic amines) is 1. The molecule has 0 N–H and O–H groups in total. The highest BCUT2D eigenvalue weighted by Gasteiger charge is 2.32. The van der Waals surface area contributed by atoms with E-state index in [1.165, 1.54) is 0 Å². The van der Waals surface area contributed by atoms with Gasteiger partial charge in [0, 0.05) is 45.6 Å². The number of hydrogen-bond donors (Lipinski definition) is 0. The Morgan fingerprint density at radius 2 is 1.95 bits per heavy atom. The third-order valence-corrected chi connectivity index (χ3v) is 4.44. The van der Waals surface area contributed by atoms with Crippen LogP contribution in [0, 0.1) is 11.8 Å². The summed E-state index contributed by atoms with van der Waals surface area (Å²) in [7, 11) is 0. The fourth-order valence-electron chi connectivity index (χ4n) is 3.12. The molecular weight excluding hydrogens is 278 g/mol. The Balaban J connectivity index is 1.87. The van der Waals surface area contributed by atoms with Gasteiger partial charge in [0.15, 0.2) is 0 Å². The van der Waals surface area contributed by atoms with Crippen LogP contribution in [0.3, 0.4) is 0 Å². The van der Waals surface area contributed by atoms with Crippen molar-refractivity contribution in [3.05, 3.63) is 0 Å². The summed E-state index contributed by atoms with van der Waals surface area (Å²) in [6, 6.07) is -0.318. The summed E-state index contributed by atoms with van der Waals surface area (Å²) in [4.78, 5) is 30.4. The fourth-order valence-corrected chi connectivity index (χ4v) is 3.12. The third-order valence-electron chi connectivity index (χ3n) is 4.44. The molecule has 0 aromatic carbocycles. The van der Waals surface area contributed by atoms with Crippen LogP contribution < -0.4 is 0 Å². The molecular formula is C17H27N3O2. The van der Waals surface area contributed by atoms with Crippen LogP contribution in [0.25, 0.3) is 0 Å². The van der Waals surface area contributed by atoms with Gasteiger partial charge in [-0.05, 0) is 19.8 Å². The van der Waals surface area contributed by atoms with Gasteiger partial charge in [-0.1, -0.05) is 12.8 Å². The third kappa shape index (κ3) is 4.23. The molecule has 0 spiro atoms. The maximum absolute atomic E-state index is 12.6. The van der Waals surface area contributed by atoms with Crippen molar-refractivity contribution in [2.45, 2.75) is 45.6 Å². The molecule has 0 aromatic heterocycles. The van der Waals surface area contributed by atoms with Crippen molar-refractivity contribution in [3.63, 3.8) is 0 Å². The quantitative estimate of drug-likeness (QED) is 0.729. The van der Waals surface area contributed by atoms with E-state index in [1.54, 1.807) is 4.90 Å². The minimum absolute atomic E-state index is 0.0942. The van der Waals surface area contributed by atoms with Crippen molar-refractivity contribution >= 4 is 11.8 Å². The number of rotatable bonds is 3. The van der Waals surface area contributed by atoms with Gasteiger partial charge in [-0.2, -0.15) is 0 Å². The first-order valence-corrected chi connectivity index (χ1v) is 8.39. The van der Waals surface area contributed by atoms with Gasteiger partial charge in [0.1, 0.15) is 6.04 Å². The Labute approximate surface area is 133 Å². The molecule has 122 valence electrons. The Morgan fingerprint density at radius 1 is 1.14 bits per heavy atom. The second-order valence-electron chi connectivity index (χ2n) is 6.03. The maximum atomic E-state index is 12.6. The van der Waals surface area contributed by atoms with E-state index in [2.05, 4.69) is 23.7 Å². The monoisotopic (exact) mass is 305 g/mol.